The third-order valence-electron chi connectivity index (χ3n) is 6.57. The number of piperidine rings is 1. The summed E-state index contributed by atoms with van der Waals surface area (Å²) in [5, 5.41) is 22.0. The average molecular weight is 467 g/mol. The molecule has 0 spiro atoms. The molecule has 1 saturated heterocycles. The Hall–Kier alpha value is -3.39. The van der Waals surface area contributed by atoms with Gasteiger partial charge in [-0.3, -0.25) is 9.59 Å². The maximum atomic E-state index is 13.1. The number of benzene rings is 2. The fraction of sp³-hybridized carbons (Fsp3) is 0.423. The molecule has 0 saturated carbocycles. The van der Waals surface area contributed by atoms with Crippen molar-refractivity contribution in [2.75, 3.05) is 19.7 Å². The van der Waals surface area contributed by atoms with Crippen LogP contribution in [0.15, 0.2) is 48.5 Å². The zero-order valence-electron chi connectivity index (χ0n) is 19.2. The van der Waals surface area contributed by atoms with Crippen LogP contribution in [0.3, 0.4) is 0 Å². The number of carbonyl (C=O) groups is 3. The summed E-state index contributed by atoms with van der Waals surface area (Å²) in [5.41, 5.74) is 3.36. The largest absolute Gasteiger partial charge is 0.481 e. The zero-order chi connectivity index (χ0) is 24.3. The number of hydrogen-bond acceptors (Lipinski definition) is 5. The highest BCUT2D eigenvalue weighted by Gasteiger charge is 2.35. The molecule has 2 amide bonds. The molecule has 180 valence electrons. The first kappa shape index (κ1) is 23.8. The van der Waals surface area contributed by atoms with Crippen LogP contribution in [0.1, 0.15) is 49.7 Å². The topological polar surface area (TPSA) is 116 Å². The molecular weight excluding hydrogens is 436 g/mol. The number of likely N-dealkylation sites (tertiary alicyclic amines) is 1. The smallest absolute Gasteiger partial charge is 0.407 e. The van der Waals surface area contributed by atoms with Crippen molar-refractivity contribution in [1.29, 1.82) is 0 Å². The van der Waals surface area contributed by atoms with Crippen molar-refractivity contribution in [3.8, 4) is 11.1 Å². The summed E-state index contributed by atoms with van der Waals surface area (Å²) >= 11 is 0. The molecule has 1 aliphatic carbocycles. The first-order valence-electron chi connectivity index (χ1n) is 11.6. The van der Waals surface area contributed by atoms with Crippen molar-refractivity contribution in [2.45, 2.75) is 50.2 Å². The molecule has 0 aromatic heterocycles. The normalized spacial score (nSPS) is 20.2. The van der Waals surface area contributed by atoms with Crippen LogP contribution in [0, 0.1) is 0 Å². The number of carboxylic acids is 1. The summed E-state index contributed by atoms with van der Waals surface area (Å²) in [6.07, 6.45) is 0.113. The van der Waals surface area contributed by atoms with Gasteiger partial charge in [0.1, 0.15) is 12.6 Å². The molecule has 2 aromatic carbocycles. The molecule has 2 aliphatic rings. The Labute approximate surface area is 198 Å². The SMILES string of the molecule is CC1(O)CCCN(C(=O)C(CCC(=O)O)NC(=O)OCC2c3ccccc3-c3ccccc32)C1. The van der Waals surface area contributed by atoms with Gasteiger partial charge < -0.3 is 25.2 Å². The number of aliphatic carboxylic acids is 1. The number of amides is 2. The Kier molecular flexibility index (Phi) is 6.88. The minimum atomic E-state index is -1.06. The van der Waals surface area contributed by atoms with Crippen molar-refractivity contribution in [3.05, 3.63) is 59.7 Å². The van der Waals surface area contributed by atoms with Crippen LogP contribution >= 0.6 is 0 Å². The van der Waals surface area contributed by atoms with E-state index >= 15 is 0 Å². The van der Waals surface area contributed by atoms with Crippen LogP contribution in [-0.4, -0.2) is 64.4 Å². The molecular formula is C26H30N2O6. The van der Waals surface area contributed by atoms with E-state index in [9.17, 15) is 19.5 Å². The number of fused-ring (bicyclic) bond motifs is 3. The first-order valence-corrected chi connectivity index (χ1v) is 11.6. The standard InChI is InChI=1S/C26H30N2O6/c1-26(33)13-6-14-28(16-26)24(31)22(11-12-23(29)30)27-25(32)34-15-21-19-9-4-2-7-17(19)18-8-3-5-10-20(18)21/h2-5,7-10,21-22,33H,6,11-16H2,1H3,(H,27,32)(H,29,30). The molecule has 0 bridgehead atoms. The molecule has 8 nitrogen and oxygen atoms in total. The summed E-state index contributed by atoms with van der Waals surface area (Å²) in [6.45, 7) is 2.35. The minimum Gasteiger partial charge on any atom is -0.481 e. The molecule has 34 heavy (non-hydrogen) atoms. The Morgan fingerprint density at radius 1 is 1.12 bits per heavy atom. The van der Waals surface area contributed by atoms with Gasteiger partial charge >= 0.3 is 12.1 Å². The maximum absolute atomic E-state index is 13.1. The van der Waals surface area contributed by atoms with Crippen LogP contribution < -0.4 is 5.32 Å². The lowest BCUT2D eigenvalue weighted by molar-refractivity contribution is -0.141. The number of carbonyl (C=O) groups excluding carboxylic acids is 2. The average Bonchev–Trinajstić information content (AvgIpc) is 3.13. The Balaban J connectivity index is 1.43. The van der Waals surface area contributed by atoms with Crippen molar-refractivity contribution in [3.63, 3.8) is 0 Å². The van der Waals surface area contributed by atoms with Gasteiger partial charge in [-0.25, -0.2) is 4.79 Å². The van der Waals surface area contributed by atoms with E-state index in [1.807, 2.05) is 48.5 Å². The summed E-state index contributed by atoms with van der Waals surface area (Å²) in [7, 11) is 0. The van der Waals surface area contributed by atoms with E-state index < -0.39 is 29.6 Å². The molecule has 2 aromatic rings. The van der Waals surface area contributed by atoms with Gasteiger partial charge in [0.05, 0.1) is 5.60 Å². The second-order valence-corrected chi connectivity index (χ2v) is 9.32. The monoisotopic (exact) mass is 466 g/mol. The van der Waals surface area contributed by atoms with Gasteiger partial charge in [0.2, 0.25) is 5.91 Å². The lowest BCUT2D eigenvalue weighted by atomic mass is 9.94. The van der Waals surface area contributed by atoms with Crippen LogP contribution in [-0.2, 0) is 14.3 Å². The number of ether oxygens (including phenoxy) is 1. The van der Waals surface area contributed by atoms with Gasteiger partial charge in [-0.2, -0.15) is 0 Å². The van der Waals surface area contributed by atoms with Crippen molar-refractivity contribution in [2.24, 2.45) is 0 Å². The fourth-order valence-electron chi connectivity index (χ4n) is 4.94. The molecule has 8 heteroatoms. The molecule has 1 heterocycles. The predicted molar refractivity (Wildman–Crippen MR) is 125 cm³/mol. The molecule has 3 N–H and O–H groups in total. The molecule has 4 rings (SSSR count). The van der Waals surface area contributed by atoms with Gasteiger partial charge in [-0.05, 0) is 48.4 Å². The second kappa shape index (κ2) is 9.85. The number of β-amino-alcohol motifs (C(OH)–C–C–N with tert-alkyl or cyclic N) is 1. The molecule has 1 aliphatic heterocycles. The number of alkyl carbamates (subject to hydrolysis) is 1. The van der Waals surface area contributed by atoms with Gasteiger partial charge in [0.15, 0.2) is 0 Å². The number of nitrogens with zero attached hydrogens (tertiary/aromatic N) is 1. The minimum absolute atomic E-state index is 0.0585. The van der Waals surface area contributed by atoms with Gasteiger partial charge in [0.25, 0.3) is 0 Å². The molecule has 0 radical (unpaired) electrons. The third-order valence-corrected chi connectivity index (χ3v) is 6.57. The van der Waals surface area contributed by atoms with Crippen LogP contribution in [0.4, 0.5) is 4.79 Å². The number of aliphatic hydroxyl groups is 1. The second-order valence-electron chi connectivity index (χ2n) is 9.32. The Morgan fingerprint density at radius 2 is 1.74 bits per heavy atom. The van der Waals surface area contributed by atoms with Crippen molar-refractivity contribution in [1.82, 2.24) is 10.2 Å². The van der Waals surface area contributed by atoms with Crippen LogP contribution in [0.5, 0.6) is 0 Å². The van der Waals surface area contributed by atoms with Gasteiger partial charge in [-0.15, -0.1) is 0 Å². The summed E-state index contributed by atoms with van der Waals surface area (Å²) in [5.74, 6) is -1.59. The number of rotatable bonds is 7. The zero-order valence-corrected chi connectivity index (χ0v) is 19.2. The van der Waals surface area contributed by atoms with E-state index in [4.69, 9.17) is 9.84 Å². The number of nitrogens with one attached hydrogen (secondary N) is 1. The third kappa shape index (κ3) is 5.22. The lowest BCUT2D eigenvalue weighted by Crippen LogP contribution is -2.55. The molecule has 2 unspecified atom stereocenters. The summed E-state index contributed by atoms with van der Waals surface area (Å²) in [6, 6.07) is 14.9. The van der Waals surface area contributed by atoms with E-state index in [0.717, 1.165) is 22.3 Å². The quantitative estimate of drug-likeness (QED) is 0.577. The maximum Gasteiger partial charge on any atom is 0.407 e. The predicted octanol–water partition coefficient (Wildman–Crippen LogP) is 3.13. The van der Waals surface area contributed by atoms with E-state index in [0.29, 0.717) is 19.4 Å². The highest BCUT2D eigenvalue weighted by Crippen LogP contribution is 2.44. The van der Waals surface area contributed by atoms with E-state index in [1.54, 1.807) is 6.92 Å². The lowest BCUT2D eigenvalue weighted by Gasteiger charge is -2.38. The number of carboxylic acid groups (broad SMARTS) is 1. The fourth-order valence-corrected chi connectivity index (χ4v) is 4.94. The Bertz CT molecular complexity index is 1040. The Morgan fingerprint density at radius 3 is 2.32 bits per heavy atom. The van der Waals surface area contributed by atoms with E-state index in [-0.39, 0.29) is 31.9 Å². The first-order chi connectivity index (χ1) is 16.2. The summed E-state index contributed by atoms with van der Waals surface area (Å²) < 4.78 is 5.54. The van der Waals surface area contributed by atoms with E-state index in [1.165, 1.54) is 4.90 Å². The molecule has 2 atom stereocenters. The van der Waals surface area contributed by atoms with Crippen LogP contribution in [0.2, 0.25) is 0 Å². The van der Waals surface area contributed by atoms with Crippen LogP contribution in [0.25, 0.3) is 11.1 Å². The highest BCUT2D eigenvalue weighted by molar-refractivity contribution is 5.86. The molecule has 1 fully saturated rings. The van der Waals surface area contributed by atoms with Gasteiger partial charge in [-0.1, -0.05) is 48.5 Å². The summed E-state index contributed by atoms with van der Waals surface area (Å²) in [4.78, 5) is 38.4. The van der Waals surface area contributed by atoms with Crippen molar-refractivity contribution >= 4 is 18.0 Å². The van der Waals surface area contributed by atoms with Crippen molar-refractivity contribution < 1.29 is 29.3 Å². The van der Waals surface area contributed by atoms with E-state index in [2.05, 4.69) is 5.32 Å². The van der Waals surface area contributed by atoms with Gasteiger partial charge in [0, 0.05) is 25.4 Å². The highest BCUT2D eigenvalue weighted by atomic mass is 16.5. The number of hydrogen-bond donors (Lipinski definition) is 3.